The topological polar surface area (TPSA) is 84.7 Å². The minimum absolute atomic E-state index is 0. The molecule has 2 amide bonds. The third-order valence-corrected chi connectivity index (χ3v) is 4.30. The van der Waals surface area contributed by atoms with E-state index < -0.39 is 0 Å². The van der Waals surface area contributed by atoms with E-state index in [0.717, 1.165) is 5.56 Å². The molecule has 1 atom stereocenters. The second kappa shape index (κ2) is 8.58. The van der Waals surface area contributed by atoms with Gasteiger partial charge in [-0.25, -0.2) is 0 Å². The van der Waals surface area contributed by atoms with Crippen LogP contribution in [0.5, 0.6) is 5.75 Å². The normalized spacial score (nSPS) is 16.1. The molecule has 0 aromatic heterocycles. The molecule has 2 aromatic rings. The summed E-state index contributed by atoms with van der Waals surface area (Å²) in [6.07, 6.45) is 0.226. The Balaban J connectivity index is 0.00000243. The number of nitrogen functional groups attached to an aromatic ring is 1. The highest BCUT2D eigenvalue weighted by atomic mass is 35.5. The van der Waals surface area contributed by atoms with Gasteiger partial charge in [-0.15, -0.1) is 12.4 Å². The molecule has 1 unspecified atom stereocenters. The van der Waals surface area contributed by atoms with Crippen molar-refractivity contribution in [3.8, 4) is 5.75 Å². The van der Waals surface area contributed by atoms with Gasteiger partial charge in [0.05, 0.1) is 18.7 Å². The maximum atomic E-state index is 12.5. The number of anilines is 2. The fourth-order valence-electron chi connectivity index (χ4n) is 2.96. The highest BCUT2D eigenvalue weighted by Gasteiger charge is 2.34. The van der Waals surface area contributed by atoms with Crippen molar-refractivity contribution in [1.29, 1.82) is 0 Å². The molecule has 1 fully saturated rings. The van der Waals surface area contributed by atoms with Gasteiger partial charge in [0, 0.05) is 25.2 Å². The summed E-state index contributed by atoms with van der Waals surface area (Å²) in [5.74, 6) is 0.0225. The first kappa shape index (κ1) is 19.6. The molecule has 0 saturated carbocycles. The number of benzene rings is 2. The molecule has 1 aliphatic rings. The summed E-state index contributed by atoms with van der Waals surface area (Å²) in [5, 5.41) is 2.83. The number of likely N-dealkylation sites (tertiary alicyclic amines) is 1. The number of rotatable bonds is 5. The number of halogens is 1. The third kappa shape index (κ3) is 4.46. The van der Waals surface area contributed by atoms with E-state index in [4.69, 9.17) is 10.5 Å². The molecule has 2 aromatic carbocycles. The molecule has 1 saturated heterocycles. The predicted octanol–water partition coefficient (Wildman–Crippen LogP) is 2.69. The lowest BCUT2D eigenvalue weighted by Crippen LogP contribution is -2.28. The van der Waals surface area contributed by atoms with Gasteiger partial charge in [0.15, 0.2) is 0 Å². The molecule has 7 heteroatoms. The van der Waals surface area contributed by atoms with Crippen LogP contribution in [0.1, 0.15) is 12.0 Å². The Morgan fingerprint density at radius 3 is 2.65 bits per heavy atom. The Hall–Kier alpha value is -2.73. The minimum atomic E-state index is -0.362. The summed E-state index contributed by atoms with van der Waals surface area (Å²) < 4.78 is 5.10. The van der Waals surface area contributed by atoms with E-state index in [0.29, 0.717) is 30.2 Å². The fourth-order valence-corrected chi connectivity index (χ4v) is 2.96. The predicted molar refractivity (Wildman–Crippen MR) is 103 cm³/mol. The summed E-state index contributed by atoms with van der Waals surface area (Å²) in [6.45, 7) is 0.949. The molecule has 26 heavy (non-hydrogen) atoms. The van der Waals surface area contributed by atoms with Crippen LogP contribution >= 0.6 is 12.4 Å². The highest BCUT2D eigenvalue weighted by molar-refractivity contribution is 5.97. The van der Waals surface area contributed by atoms with E-state index in [-0.39, 0.29) is 36.6 Å². The lowest BCUT2D eigenvalue weighted by molar-refractivity contribution is -0.128. The monoisotopic (exact) mass is 375 g/mol. The van der Waals surface area contributed by atoms with Crippen LogP contribution in [0.2, 0.25) is 0 Å². The number of methoxy groups -OCH3 is 1. The lowest BCUT2D eigenvalue weighted by Gasteiger charge is -2.17. The zero-order chi connectivity index (χ0) is 17.8. The average Bonchev–Trinajstić information content (AvgIpc) is 2.97. The molecular weight excluding hydrogens is 354 g/mol. The van der Waals surface area contributed by atoms with Crippen molar-refractivity contribution in [2.45, 2.75) is 13.0 Å². The quantitative estimate of drug-likeness (QED) is 0.787. The van der Waals surface area contributed by atoms with Crippen molar-refractivity contribution in [2.75, 3.05) is 24.7 Å². The number of carbonyl (C=O) groups is 2. The van der Waals surface area contributed by atoms with Crippen LogP contribution in [-0.2, 0) is 16.1 Å². The molecule has 0 aliphatic carbocycles. The van der Waals surface area contributed by atoms with E-state index in [1.54, 1.807) is 23.1 Å². The van der Waals surface area contributed by atoms with Crippen LogP contribution in [-0.4, -0.2) is 30.4 Å². The standard InChI is InChI=1S/C19H21N3O3.ClH/c1-25-17-8-7-15(10-16(17)20)21-19(24)14-9-18(23)22(12-14)11-13-5-3-2-4-6-13;/h2-8,10,14H,9,11-12,20H2,1H3,(H,21,24);1H. The maximum absolute atomic E-state index is 12.5. The van der Waals surface area contributed by atoms with E-state index in [9.17, 15) is 9.59 Å². The molecule has 138 valence electrons. The van der Waals surface area contributed by atoms with E-state index in [2.05, 4.69) is 5.32 Å². The largest absolute Gasteiger partial charge is 0.495 e. The number of ether oxygens (including phenoxy) is 1. The van der Waals surface area contributed by atoms with Gasteiger partial charge in [-0.3, -0.25) is 9.59 Å². The second-order valence-electron chi connectivity index (χ2n) is 6.11. The molecule has 6 nitrogen and oxygen atoms in total. The van der Waals surface area contributed by atoms with E-state index in [1.807, 2.05) is 30.3 Å². The van der Waals surface area contributed by atoms with E-state index in [1.165, 1.54) is 7.11 Å². The Kier molecular flexibility index (Phi) is 6.46. The number of nitrogens with two attached hydrogens (primary N) is 1. The van der Waals surface area contributed by atoms with Crippen molar-refractivity contribution >= 4 is 35.6 Å². The Morgan fingerprint density at radius 1 is 1.27 bits per heavy atom. The fraction of sp³-hybridized carbons (Fsp3) is 0.263. The van der Waals surface area contributed by atoms with Gasteiger partial charge in [-0.05, 0) is 23.8 Å². The SMILES string of the molecule is COc1ccc(NC(=O)C2CC(=O)N(Cc3ccccc3)C2)cc1N.Cl. The number of hydrogen-bond donors (Lipinski definition) is 2. The smallest absolute Gasteiger partial charge is 0.229 e. The van der Waals surface area contributed by atoms with Gasteiger partial charge < -0.3 is 20.7 Å². The molecule has 3 rings (SSSR count). The maximum Gasteiger partial charge on any atom is 0.229 e. The van der Waals surface area contributed by atoms with Gasteiger partial charge in [0.2, 0.25) is 11.8 Å². The van der Waals surface area contributed by atoms with Crippen LogP contribution in [0.4, 0.5) is 11.4 Å². The number of nitrogens with zero attached hydrogens (tertiary/aromatic N) is 1. The molecule has 0 bridgehead atoms. The Labute approximate surface area is 158 Å². The van der Waals surface area contributed by atoms with Gasteiger partial charge in [0.1, 0.15) is 5.75 Å². The molecule has 0 spiro atoms. The number of amides is 2. The highest BCUT2D eigenvalue weighted by Crippen LogP contribution is 2.26. The van der Waals surface area contributed by atoms with Crippen LogP contribution < -0.4 is 15.8 Å². The number of nitrogens with one attached hydrogen (secondary N) is 1. The van der Waals surface area contributed by atoms with Crippen LogP contribution in [0.15, 0.2) is 48.5 Å². The first-order chi connectivity index (χ1) is 12.1. The summed E-state index contributed by atoms with van der Waals surface area (Å²) in [5.41, 5.74) is 7.95. The first-order valence-corrected chi connectivity index (χ1v) is 8.13. The molecule has 1 aliphatic heterocycles. The van der Waals surface area contributed by atoms with Crippen molar-refractivity contribution in [2.24, 2.45) is 5.92 Å². The molecular formula is C19H22ClN3O3. The van der Waals surface area contributed by atoms with Crippen LogP contribution in [0.25, 0.3) is 0 Å². The van der Waals surface area contributed by atoms with Crippen molar-refractivity contribution in [1.82, 2.24) is 4.90 Å². The van der Waals surface area contributed by atoms with Gasteiger partial charge in [0.25, 0.3) is 0 Å². The molecule has 0 radical (unpaired) electrons. The third-order valence-electron chi connectivity index (χ3n) is 4.30. The number of hydrogen-bond acceptors (Lipinski definition) is 4. The minimum Gasteiger partial charge on any atom is -0.495 e. The molecule has 3 N–H and O–H groups in total. The Bertz CT molecular complexity index is 783. The Morgan fingerprint density at radius 2 is 2.00 bits per heavy atom. The van der Waals surface area contributed by atoms with Crippen LogP contribution in [0.3, 0.4) is 0 Å². The summed E-state index contributed by atoms with van der Waals surface area (Å²) in [7, 11) is 1.54. The van der Waals surface area contributed by atoms with Crippen LogP contribution in [0, 0.1) is 5.92 Å². The zero-order valence-electron chi connectivity index (χ0n) is 14.5. The molecule has 1 heterocycles. The summed E-state index contributed by atoms with van der Waals surface area (Å²) in [6, 6.07) is 14.8. The van der Waals surface area contributed by atoms with Crippen molar-refractivity contribution < 1.29 is 14.3 Å². The van der Waals surface area contributed by atoms with Gasteiger partial charge >= 0.3 is 0 Å². The zero-order valence-corrected chi connectivity index (χ0v) is 15.3. The number of carbonyl (C=O) groups excluding carboxylic acids is 2. The van der Waals surface area contributed by atoms with Crippen molar-refractivity contribution in [3.63, 3.8) is 0 Å². The second-order valence-corrected chi connectivity index (χ2v) is 6.11. The summed E-state index contributed by atoms with van der Waals surface area (Å²) >= 11 is 0. The summed E-state index contributed by atoms with van der Waals surface area (Å²) in [4.78, 5) is 26.4. The van der Waals surface area contributed by atoms with Gasteiger partial charge in [-0.1, -0.05) is 30.3 Å². The van der Waals surface area contributed by atoms with Gasteiger partial charge in [-0.2, -0.15) is 0 Å². The lowest BCUT2D eigenvalue weighted by atomic mass is 10.1. The van der Waals surface area contributed by atoms with E-state index >= 15 is 0 Å². The van der Waals surface area contributed by atoms with Crippen molar-refractivity contribution in [3.05, 3.63) is 54.1 Å². The average molecular weight is 376 g/mol. The first-order valence-electron chi connectivity index (χ1n) is 8.13.